The monoisotopic (exact) mass is 281 g/mol. The van der Waals surface area contributed by atoms with E-state index in [-0.39, 0.29) is 11.7 Å². The predicted octanol–water partition coefficient (Wildman–Crippen LogP) is 3.20. The Labute approximate surface area is 124 Å². The molecular weight excluding hydrogens is 262 g/mol. The predicted molar refractivity (Wildman–Crippen MR) is 83.4 cm³/mol. The van der Waals surface area contributed by atoms with Gasteiger partial charge in [-0.15, -0.1) is 0 Å². The van der Waals surface area contributed by atoms with Crippen molar-refractivity contribution in [3.63, 3.8) is 0 Å². The number of ketones is 1. The van der Waals surface area contributed by atoms with E-state index < -0.39 is 0 Å². The smallest absolute Gasteiger partial charge is 0.169 e. The van der Waals surface area contributed by atoms with Crippen LogP contribution >= 0.6 is 0 Å². The van der Waals surface area contributed by atoms with Crippen LogP contribution in [0.15, 0.2) is 42.9 Å². The van der Waals surface area contributed by atoms with E-state index >= 15 is 0 Å². The van der Waals surface area contributed by atoms with Crippen molar-refractivity contribution in [1.82, 2.24) is 14.1 Å². The largest absolute Gasteiger partial charge is 0.350 e. The molecule has 3 aromatic rings. The Kier molecular flexibility index (Phi) is 3.37. The maximum absolute atomic E-state index is 12.8. The van der Waals surface area contributed by atoms with Gasteiger partial charge in [0, 0.05) is 54.6 Å². The summed E-state index contributed by atoms with van der Waals surface area (Å²) in [6.07, 6.45) is 5.62. The average Bonchev–Trinajstić information content (AvgIpc) is 3.03. The van der Waals surface area contributed by atoms with E-state index in [1.165, 1.54) is 0 Å². The van der Waals surface area contributed by atoms with E-state index in [1.807, 2.05) is 66.7 Å². The summed E-state index contributed by atoms with van der Waals surface area (Å²) in [6, 6.07) is 8.02. The Hall–Kier alpha value is -2.36. The Morgan fingerprint density at radius 1 is 1.33 bits per heavy atom. The number of Topliss-reactive ketones (excluding diaryl/α,β-unsaturated/α-hetero) is 1. The van der Waals surface area contributed by atoms with Crippen LogP contribution < -0.4 is 0 Å². The summed E-state index contributed by atoms with van der Waals surface area (Å²) in [4.78, 5) is 17.0. The molecule has 108 valence electrons. The highest BCUT2D eigenvalue weighted by Gasteiger charge is 2.20. The zero-order chi connectivity index (χ0) is 15.0. The lowest BCUT2D eigenvalue weighted by molar-refractivity contribution is 0.0919. The number of benzene rings is 1. The summed E-state index contributed by atoms with van der Waals surface area (Å²) in [7, 11) is 1.98. The van der Waals surface area contributed by atoms with E-state index in [4.69, 9.17) is 0 Å². The fourth-order valence-corrected chi connectivity index (χ4v) is 2.78. The van der Waals surface area contributed by atoms with Crippen LogP contribution in [0.1, 0.15) is 23.1 Å². The van der Waals surface area contributed by atoms with Gasteiger partial charge < -0.3 is 9.13 Å². The molecule has 1 unspecified atom stereocenters. The zero-order valence-corrected chi connectivity index (χ0v) is 12.6. The topological polar surface area (TPSA) is 39.8 Å². The van der Waals surface area contributed by atoms with E-state index in [9.17, 15) is 4.79 Å². The molecule has 0 radical (unpaired) electrons. The second-order valence-electron chi connectivity index (χ2n) is 5.56. The molecule has 0 saturated carbocycles. The van der Waals surface area contributed by atoms with Crippen molar-refractivity contribution in [3.8, 4) is 0 Å². The van der Waals surface area contributed by atoms with Crippen LogP contribution in [-0.4, -0.2) is 19.9 Å². The Balaban J connectivity index is 1.92. The van der Waals surface area contributed by atoms with Gasteiger partial charge >= 0.3 is 0 Å². The van der Waals surface area contributed by atoms with E-state index in [1.54, 1.807) is 6.20 Å². The standard InChI is InChI=1S/C17H19N3O/c1-12(10-20-9-8-18-13(20)2)17(21)15-11-19(3)16-7-5-4-6-14(15)16/h4-9,11-12H,10H2,1-3H3. The summed E-state index contributed by atoms with van der Waals surface area (Å²) in [5, 5.41) is 1.03. The number of rotatable bonds is 4. The Bertz CT molecular complexity index is 797. The molecule has 4 nitrogen and oxygen atoms in total. The van der Waals surface area contributed by atoms with Gasteiger partial charge in [-0.25, -0.2) is 4.98 Å². The molecule has 0 fully saturated rings. The van der Waals surface area contributed by atoms with E-state index in [0.29, 0.717) is 6.54 Å². The van der Waals surface area contributed by atoms with E-state index in [2.05, 4.69) is 4.98 Å². The van der Waals surface area contributed by atoms with Crippen LogP contribution in [0.3, 0.4) is 0 Å². The van der Waals surface area contributed by atoms with Gasteiger partial charge in [0.15, 0.2) is 5.78 Å². The van der Waals surface area contributed by atoms with Gasteiger partial charge in [0.25, 0.3) is 0 Å². The molecule has 0 bridgehead atoms. The molecule has 1 aromatic carbocycles. The molecule has 0 N–H and O–H groups in total. The fraction of sp³-hybridized carbons (Fsp3) is 0.294. The Morgan fingerprint density at radius 3 is 2.81 bits per heavy atom. The minimum Gasteiger partial charge on any atom is -0.350 e. The molecule has 0 aliphatic heterocycles. The molecule has 0 saturated heterocycles. The average molecular weight is 281 g/mol. The second-order valence-corrected chi connectivity index (χ2v) is 5.56. The molecule has 3 rings (SSSR count). The summed E-state index contributed by atoms with van der Waals surface area (Å²) in [5.74, 6) is 1.04. The number of aromatic nitrogens is 3. The number of hydrogen-bond acceptors (Lipinski definition) is 2. The third-order valence-corrected chi connectivity index (χ3v) is 4.00. The minimum absolute atomic E-state index is 0.0799. The molecule has 1 atom stereocenters. The highest BCUT2D eigenvalue weighted by atomic mass is 16.1. The summed E-state index contributed by atoms with van der Waals surface area (Å²) in [6.45, 7) is 4.59. The maximum atomic E-state index is 12.8. The normalized spacial score (nSPS) is 12.7. The lowest BCUT2D eigenvalue weighted by atomic mass is 9.99. The summed E-state index contributed by atoms with van der Waals surface area (Å²) in [5.41, 5.74) is 1.89. The molecule has 0 aliphatic carbocycles. The summed E-state index contributed by atoms with van der Waals surface area (Å²) >= 11 is 0. The first-order valence-electron chi connectivity index (χ1n) is 7.14. The summed E-state index contributed by atoms with van der Waals surface area (Å²) < 4.78 is 4.03. The number of nitrogens with zero attached hydrogens (tertiary/aromatic N) is 3. The quantitative estimate of drug-likeness (QED) is 0.689. The zero-order valence-electron chi connectivity index (χ0n) is 12.6. The first-order valence-corrected chi connectivity index (χ1v) is 7.14. The van der Waals surface area contributed by atoms with Crippen LogP contribution in [-0.2, 0) is 13.6 Å². The molecule has 0 amide bonds. The van der Waals surface area contributed by atoms with Gasteiger partial charge in [0.05, 0.1) is 0 Å². The fourth-order valence-electron chi connectivity index (χ4n) is 2.78. The Morgan fingerprint density at radius 2 is 2.10 bits per heavy atom. The third-order valence-electron chi connectivity index (χ3n) is 4.00. The highest BCUT2D eigenvalue weighted by molar-refractivity contribution is 6.08. The first-order chi connectivity index (χ1) is 10.1. The van der Waals surface area contributed by atoms with Crippen molar-refractivity contribution < 1.29 is 4.79 Å². The van der Waals surface area contributed by atoms with Crippen molar-refractivity contribution in [3.05, 3.63) is 54.2 Å². The molecule has 2 heterocycles. The molecule has 21 heavy (non-hydrogen) atoms. The van der Waals surface area contributed by atoms with Crippen molar-refractivity contribution in [2.75, 3.05) is 0 Å². The van der Waals surface area contributed by atoms with Crippen LogP contribution in [0.2, 0.25) is 0 Å². The third kappa shape index (κ3) is 2.37. The lowest BCUT2D eigenvalue weighted by Gasteiger charge is -2.12. The molecule has 0 spiro atoms. The lowest BCUT2D eigenvalue weighted by Crippen LogP contribution is -2.18. The molecule has 0 aliphatic rings. The van der Waals surface area contributed by atoms with Crippen LogP contribution in [0.25, 0.3) is 10.9 Å². The van der Waals surface area contributed by atoms with Crippen LogP contribution in [0.5, 0.6) is 0 Å². The van der Waals surface area contributed by atoms with Gasteiger partial charge in [0.2, 0.25) is 0 Å². The number of hydrogen-bond donors (Lipinski definition) is 0. The number of fused-ring (bicyclic) bond motifs is 1. The van der Waals surface area contributed by atoms with Crippen molar-refractivity contribution >= 4 is 16.7 Å². The van der Waals surface area contributed by atoms with Crippen LogP contribution in [0, 0.1) is 12.8 Å². The molecular formula is C17H19N3O. The minimum atomic E-state index is -0.0799. The van der Waals surface area contributed by atoms with Gasteiger partial charge in [-0.05, 0) is 13.0 Å². The maximum Gasteiger partial charge on any atom is 0.169 e. The van der Waals surface area contributed by atoms with Gasteiger partial charge in [-0.3, -0.25) is 4.79 Å². The van der Waals surface area contributed by atoms with Crippen LogP contribution in [0.4, 0.5) is 0 Å². The van der Waals surface area contributed by atoms with Crippen molar-refractivity contribution in [1.29, 1.82) is 0 Å². The van der Waals surface area contributed by atoms with Crippen molar-refractivity contribution in [2.45, 2.75) is 20.4 Å². The first kappa shape index (κ1) is 13.6. The van der Waals surface area contributed by atoms with Gasteiger partial charge in [-0.2, -0.15) is 0 Å². The number of carbonyl (C=O) groups excluding carboxylic acids is 1. The number of aryl methyl sites for hydroxylation is 2. The number of para-hydroxylation sites is 1. The SMILES string of the molecule is Cc1nccn1CC(C)C(=O)c1cn(C)c2ccccc12. The van der Waals surface area contributed by atoms with Gasteiger partial charge in [-0.1, -0.05) is 25.1 Å². The van der Waals surface area contributed by atoms with Crippen molar-refractivity contribution in [2.24, 2.45) is 13.0 Å². The van der Waals surface area contributed by atoms with Gasteiger partial charge in [0.1, 0.15) is 5.82 Å². The van der Waals surface area contributed by atoms with E-state index in [0.717, 1.165) is 22.3 Å². The molecule has 2 aromatic heterocycles. The second kappa shape index (κ2) is 5.20. The number of imidazole rings is 1. The molecule has 4 heteroatoms. The number of carbonyl (C=O) groups is 1. The highest BCUT2D eigenvalue weighted by Crippen LogP contribution is 2.23.